The summed E-state index contributed by atoms with van der Waals surface area (Å²) in [6, 6.07) is 15.4. The van der Waals surface area contributed by atoms with Crippen molar-refractivity contribution >= 4 is 28.3 Å². The molecule has 3 N–H and O–H groups in total. The molecular formula is C20H26ClN3O3S. The first kappa shape index (κ1) is 22.4. The molecule has 3 rings (SSSR count). The molecule has 1 aliphatic rings. The van der Waals surface area contributed by atoms with Crippen LogP contribution in [0.15, 0.2) is 59.5 Å². The van der Waals surface area contributed by atoms with Gasteiger partial charge in [-0.2, -0.15) is 4.31 Å². The highest BCUT2D eigenvalue weighted by Gasteiger charge is 2.26. The van der Waals surface area contributed by atoms with Crippen molar-refractivity contribution in [3.63, 3.8) is 0 Å². The standard InChI is InChI=1S/C20H25N3O3S.ClH/c21-19(16-8-3-1-4-9-16)15-22-20(24)17-10-7-11-18(14-17)27(25,26)23-12-5-2-6-13-23;/h1,3-4,7-11,14,19H,2,5-6,12-13,15,21H2,(H,22,24);1H. The maximum Gasteiger partial charge on any atom is 0.251 e. The largest absolute Gasteiger partial charge is 0.350 e. The van der Waals surface area contributed by atoms with Gasteiger partial charge in [0.15, 0.2) is 0 Å². The minimum absolute atomic E-state index is 0. The number of piperidine rings is 1. The molecule has 0 saturated carbocycles. The van der Waals surface area contributed by atoms with Gasteiger partial charge < -0.3 is 11.1 Å². The number of hydrogen-bond acceptors (Lipinski definition) is 4. The molecule has 0 aromatic heterocycles. The molecule has 1 saturated heterocycles. The van der Waals surface area contributed by atoms with Crippen LogP contribution in [-0.2, 0) is 10.0 Å². The number of amides is 1. The average Bonchev–Trinajstić information content (AvgIpc) is 2.73. The lowest BCUT2D eigenvalue weighted by atomic mass is 10.1. The van der Waals surface area contributed by atoms with Crippen LogP contribution < -0.4 is 11.1 Å². The van der Waals surface area contributed by atoms with E-state index < -0.39 is 10.0 Å². The molecule has 6 nitrogen and oxygen atoms in total. The van der Waals surface area contributed by atoms with E-state index in [4.69, 9.17) is 5.73 Å². The molecule has 8 heteroatoms. The fourth-order valence-corrected chi connectivity index (χ4v) is 4.74. The molecular weight excluding hydrogens is 398 g/mol. The van der Waals surface area contributed by atoms with Crippen LogP contribution in [0.25, 0.3) is 0 Å². The van der Waals surface area contributed by atoms with Crippen molar-refractivity contribution in [2.24, 2.45) is 5.73 Å². The zero-order valence-electron chi connectivity index (χ0n) is 15.6. The van der Waals surface area contributed by atoms with Crippen molar-refractivity contribution in [1.82, 2.24) is 9.62 Å². The van der Waals surface area contributed by atoms with E-state index in [1.165, 1.54) is 16.4 Å². The lowest BCUT2D eigenvalue weighted by Crippen LogP contribution is -2.36. The summed E-state index contributed by atoms with van der Waals surface area (Å²) in [5, 5.41) is 2.78. The van der Waals surface area contributed by atoms with Gasteiger partial charge in [-0.3, -0.25) is 4.79 Å². The van der Waals surface area contributed by atoms with Gasteiger partial charge in [0, 0.05) is 31.2 Å². The van der Waals surface area contributed by atoms with Gasteiger partial charge in [0.1, 0.15) is 0 Å². The van der Waals surface area contributed by atoms with Crippen LogP contribution in [0.5, 0.6) is 0 Å². The first-order valence-electron chi connectivity index (χ1n) is 9.17. The van der Waals surface area contributed by atoms with Gasteiger partial charge in [0.2, 0.25) is 10.0 Å². The van der Waals surface area contributed by atoms with E-state index in [1.54, 1.807) is 12.1 Å². The number of halogens is 1. The number of sulfonamides is 1. The lowest BCUT2D eigenvalue weighted by molar-refractivity contribution is 0.0951. The first-order chi connectivity index (χ1) is 13.0. The zero-order chi connectivity index (χ0) is 19.3. The third-order valence-corrected chi connectivity index (χ3v) is 6.65. The van der Waals surface area contributed by atoms with Crippen LogP contribution in [0.3, 0.4) is 0 Å². The second-order valence-corrected chi connectivity index (χ2v) is 8.66. The summed E-state index contributed by atoms with van der Waals surface area (Å²) < 4.78 is 27.1. The smallest absolute Gasteiger partial charge is 0.251 e. The fraction of sp³-hybridized carbons (Fsp3) is 0.350. The molecule has 2 aromatic rings. The van der Waals surface area contributed by atoms with Gasteiger partial charge in [0.05, 0.1) is 4.90 Å². The molecule has 28 heavy (non-hydrogen) atoms. The number of nitrogens with one attached hydrogen (secondary N) is 1. The van der Waals surface area contributed by atoms with Crippen molar-refractivity contribution in [2.45, 2.75) is 30.2 Å². The zero-order valence-corrected chi connectivity index (χ0v) is 17.2. The molecule has 1 aliphatic heterocycles. The molecule has 0 bridgehead atoms. The van der Waals surface area contributed by atoms with Crippen LogP contribution in [0.1, 0.15) is 41.2 Å². The van der Waals surface area contributed by atoms with Gasteiger partial charge in [-0.15, -0.1) is 12.4 Å². The number of rotatable bonds is 6. The van der Waals surface area contributed by atoms with Crippen molar-refractivity contribution < 1.29 is 13.2 Å². The van der Waals surface area contributed by atoms with Crippen LogP contribution >= 0.6 is 12.4 Å². The summed E-state index contributed by atoms with van der Waals surface area (Å²) in [6.07, 6.45) is 2.80. The Bertz CT molecular complexity index is 885. The number of benzene rings is 2. The molecule has 0 spiro atoms. The number of hydrogen-bond donors (Lipinski definition) is 2. The maximum absolute atomic E-state index is 12.8. The van der Waals surface area contributed by atoms with E-state index in [9.17, 15) is 13.2 Å². The first-order valence-corrected chi connectivity index (χ1v) is 10.6. The third kappa shape index (κ3) is 5.32. The summed E-state index contributed by atoms with van der Waals surface area (Å²) in [7, 11) is -3.56. The fourth-order valence-electron chi connectivity index (χ4n) is 3.17. The van der Waals surface area contributed by atoms with E-state index in [1.807, 2.05) is 30.3 Å². The Morgan fingerprint density at radius 3 is 2.39 bits per heavy atom. The molecule has 1 unspecified atom stereocenters. The predicted octanol–water partition coefficient (Wildman–Crippen LogP) is 2.71. The van der Waals surface area contributed by atoms with Gasteiger partial charge in [-0.25, -0.2) is 8.42 Å². The van der Waals surface area contributed by atoms with Crippen molar-refractivity contribution in [1.29, 1.82) is 0 Å². The lowest BCUT2D eigenvalue weighted by Gasteiger charge is -2.26. The SMILES string of the molecule is Cl.NC(CNC(=O)c1cccc(S(=O)(=O)N2CCCCC2)c1)c1ccccc1. The Morgan fingerprint density at radius 1 is 1.04 bits per heavy atom. The van der Waals surface area contributed by atoms with E-state index in [2.05, 4.69) is 5.32 Å². The molecule has 0 aliphatic carbocycles. The number of nitrogens with two attached hydrogens (primary N) is 1. The number of nitrogens with zero attached hydrogens (tertiary/aromatic N) is 1. The number of carbonyl (C=O) groups excluding carboxylic acids is 1. The van der Waals surface area contributed by atoms with Gasteiger partial charge in [-0.1, -0.05) is 42.8 Å². The van der Waals surface area contributed by atoms with Crippen molar-refractivity contribution in [3.05, 3.63) is 65.7 Å². The highest BCUT2D eigenvalue weighted by Crippen LogP contribution is 2.21. The Balaban J connectivity index is 0.00000280. The minimum atomic E-state index is -3.56. The molecule has 1 amide bonds. The second kappa shape index (κ2) is 10.0. The van der Waals surface area contributed by atoms with Gasteiger partial charge in [0.25, 0.3) is 5.91 Å². The van der Waals surface area contributed by atoms with E-state index in [-0.39, 0.29) is 35.8 Å². The predicted molar refractivity (Wildman–Crippen MR) is 112 cm³/mol. The minimum Gasteiger partial charge on any atom is -0.350 e. The molecule has 1 atom stereocenters. The van der Waals surface area contributed by atoms with E-state index >= 15 is 0 Å². The summed E-state index contributed by atoms with van der Waals surface area (Å²) in [4.78, 5) is 12.6. The molecule has 1 fully saturated rings. The highest BCUT2D eigenvalue weighted by atomic mass is 35.5. The summed E-state index contributed by atoms with van der Waals surface area (Å²) in [5.41, 5.74) is 7.34. The van der Waals surface area contributed by atoms with E-state index in [0.717, 1.165) is 24.8 Å². The summed E-state index contributed by atoms with van der Waals surface area (Å²) >= 11 is 0. The maximum atomic E-state index is 12.8. The highest BCUT2D eigenvalue weighted by molar-refractivity contribution is 7.89. The molecule has 2 aromatic carbocycles. The molecule has 0 radical (unpaired) electrons. The van der Waals surface area contributed by atoms with Crippen LogP contribution in [0, 0.1) is 0 Å². The average molecular weight is 424 g/mol. The number of carbonyl (C=O) groups is 1. The Kier molecular flexibility index (Phi) is 8.00. The summed E-state index contributed by atoms with van der Waals surface area (Å²) in [6.45, 7) is 1.33. The normalized spacial score (nSPS) is 16.0. The topological polar surface area (TPSA) is 92.5 Å². The monoisotopic (exact) mass is 423 g/mol. The quantitative estimate of drug-likeness (QED) is 0.747. The Morgan fingerprint density at radius 2 is 1.71 bits per heavy atom. The van der Waals surface area contributed by atoms with Crippen molar-refractivity contribution in [3.8, 4) is 0 Å². The Labute approximate surface area is 172 Å². The van der Waals surface area contributed by atoms with Crippen LogP contribution in [-0.4, -0.2) is 38.3 Å². The van der Waals surface area contributed by atoms with Crippen LogP contribution in [0.2, 0.25) is 0 Å². The molecule has 1 heterocycles. The molecule has 152 valence electrons. The van der Waals surface area contributed by atoms with Gasteiger partial charge >= 0.3 is 0 Å². The second-order valence-electron chi connectivity index (χ2n) is 6.72. The third-order valence-electron chi connectivity index (χ3n) is 4.76. The Hall–Kier alpha value is -1.93. The van der Waals surface area contributed by atoms with Crippen molar-refractivity contribution in [2.75, 3.05) is 19.6 Å². The summed E-state index contributed by atoms with van der Waals surface area (Å²) in [5.74, 6) is -0.336. The van der Waals surface area contributed by atoms with E-state index in [0.29, 0.717) is 18.7 Å². The van der Waals surface area contributed by atoms with Gasteiger partial charge in [-0.05, 0) is 36.6 Å². The van der Waals surface area contributed by atoms with Crippen LogP contribution in [0.4, 0.5) is 0 Å².